The van der Waals surface area contributed by atoms with Gasteiger partial charge in [0.15, 0.2) is 0 Å². The second kappa shape index (κ2) is 5.34. The van der Waals surface area contributed by atoms with E-state index in [-0.39, 0.29) is 6.04 Å². The Bertz CT molecular complexity index is 466. The molecule has 0 saturated heterocycles. The number of nitrogen functional groups attached to an aromatic ring is 1. The number of hydrogen-bond acceptors (Lipinski definition) is 2. The predicted molar refractivity (Wildman–Crippen MR) is 75.9 cm³/mol. The summed E-state index contributed by atoms with van der Waals surface area (Å²) in [6, 6.07) is 16.4. The van der Waals surface area contributed by atoms with Crippen LogP contribution in [0.1, 0.15) is 17.2 Å². The Hall–Kier alpha value is -1.32. The van der Waals surface area contributed by atoms with E-state index in [1.54, 1.807) is 0 Å². The zero-order valence-corrected chi connectivity index (χ0v) is 11.2. The van der Waals surface area contributed by atoms with Crippen LogP contribution in [0.25, 0.3) is 0 Å². The fourth-order valence-electron chi connectivity index (χ4n) is 1.95. The van der Waals surface area contributed by atoms with E-state index in [1.807, 2.05) is 37.4 Å². The molecule has 0 radical (unpaired) electrons. The summed E-state index contributed by atoms with van der Waals surface area (Å²) in [5, 5.41) is 3.31. The highest BCUT2D eigenvalue weighted by Crippen LogP contribution is 2.25. The van der Waals surface area contributed by atoms with E-state index in [0.29, 0.717) is 0 Å². The summed E-state index contributed by atoms with van der Waals surface area (Å²) in [4.78, 5) is 0. The number of nitrogens with one attached hydrogen (secondary N) is 1. The molecular formula is C14H15BrN2. The summed E-state index contributed by atoms with van der Waals surface area (Å²) in [5.74, 6) is 0. The summed E-state index contributed by atoms with van der Waals surface area (Å²) in [6.45, 7) is 0. The van der Waals surface area contributed by atoms with Crippen molar-refractivity contribution in [1.29, 1.82) is 0 Å². The van der Waals surface area contributed by atoms with Crippen molar-refractivity contribution < 1.29 is 0 Å². The largest absolute Gasteiger partial charge is 0.399 e. The van der Waals surface area contributed by atoms with Crippen LogP contribution in [0.15, 0.2) is 53.0 Å². The minimum atomic E-state index is 0.163. The van der Waals surface area contributed by atoms with Crippen LogP contribution in [0.5, 0.6) is 0 Å². The molecule has 1 atom stereocenters. The maximum Gasteiger partial charge on any atom is 0.0575 e. The summed E-state index contributed by atoms with van der Waals surface area (Å²) in [5.41, 5.74) is 9.00. The SMILES string of the molecule is CNC(c1cccc(N)c1)c1cccc(Br)c1. The molecule has 0 aliphatic carbocycles. The van der Waals surface area contributed by atoms with E-state index in [0.717, 1.165) is 10.2 Å². The minimum Gasteiger partial charge on any atom is -0.399 e. The van der Waals surface area contributed by atoms with E-state index in [4.69, 9.17) is 5.73 Å². The van der Waals surface area contributed by atoms with E-state index < -0.39 is 0 Å². The molecular weight excluding hydrogens is 276 g/mol. The van der Waals surface area contributed by atoms with Crippen molar-refractivity contribution in [3.63, 3.8) is 0 Å². The number of benzene rings is 2. The van der Waals surface area contributed by atoms with Crippen molar-refractivity contribution in [1.82, 2.24) is 5.32 Å². The first-order chi connectivity index (χ1) is 8.20. The Morgan fingerprint density at radius 2 is 1.71 bits per heavy atom. The standard InChI is InChI=1S/C14H15BrN2/c1-17-14(10-4-2-6-12(15)8-10)11-5-3-7-13(16)9-11/h2-9,14,17H,16H2,1H3. The highest BCUT2D eigenvalue weighted by molar-refractivity contribution is 9.10. The summed E-state index contributed by atoms with van der Waals surface area (Å²) >= 11 is 3.49. The first kappa shape index (κ1) is 12.1. The van der Waals surface area contributed by atoms with E-state index >= 15 is 0 Å². The number of rotatable bonds is 3. The lowest BCUT2D eigenvalue weighted by Gasteiger charge is -2.17. The third-order valence-electron chi connectivity index (χ3n) is 2.71. The maximum absolute atomic E-state index is 5.82. The van der Waals surface area contributed by atoms with Crippen LogP contribution in [-0.2, 0) is 0 Å². The van der Waals surface area contributed by atoms with Crippen LogP contribution < -0.4 is 11.1 Å². The second-order valence-corrected chi connectivity index (χ2v) is 4.86. The first-order valence-corrected chi connectivity index (χ1v) is 6.28. The van der Waals surface area contributed by atoms with Crippen LogP contribution in [0.2, 0.25) is 0 Å². The normalized spacial score (nSPS) is 12.4. The molecule has 3 heteroatoms. The maximum atomic E-state index is 5.82. The van der Waals surface area contributed by atoms with Crippen molar-refractivity contribution in [3.8, 4) is 0 Å². The van der Waals surface area contributed by atoms with Crippen molar-refractivity contribution in [3.05, 3.63) is 64.1 Å². The molecule has 3 N–H and O–H groups in total. The number of hydrogen-bond donors (Lipinski definition) is 2. The topological polar surface area (TPSA) is 38.0 Å². The minimum absolute atomic E-state index is 0.163. The monoisotopic (exact) mass is 290 g/mol. The fourth-order valence-corrected chi connectivity index (χ4v) is 2.37. The Morgan fingerprint density at radius 1 is 1.06 bits per heavy atom. The molecule has 0 aromatic heterocycles. The van der Waals surface area contributed by atoms with Gasteiger partial charge in [0, 0.05) is 10.2 Å². The molecule has 0 amide bonds. The highest BCUT2D eigenvalue weighted by atomic mass is 79.9. The first-order valence-electron chi connectivity index (χ1n) is 5.49. The molecule has 1 unspecified atom stereocenters. The van der Waals surface area contributed by atoms with Gasteiger partial charge < -0.3 is 11.1 Å². The Morgan fingerprint density at radius 3 is 2.29 bits per heavy atom. The van der Waals surface area contributed by atoms with Crippen LogP contribution in [0, 0.1) is 0 Å². The van der Waals surface area contributed by atoms with Crippen LogP contribution in [0.3, 0.4) is 0 Å². The summed E-state index contributed by atoms with van der Waals surface area (Å²) in [7, 11) is 1.95. The summed E-state index contributed by atoms with van der Waals surface area (Å²) < 4.78 is 1.08. The van der Waals surface area contributed by atoms with Gasteiger partial charge in [-0.05, 0) is 42.4 Å². The average molecular weight is 291 g/mol. The number of anilines is 1. The van der Waals surface area contributed by atoms with Gasteiger partial charge in [-0.3, -0.25) is 0 Å². The molecule has 88 valence electrons. The van der Waals surface area contributed by atoms with Gasteiger partial charge in [0.1, 0.15) is 0 Å². The van der Waals surface area contributed by atoms with Crippen molar-refractivity contribution in [2.45, 2.75) is 6.04 Å². The molecule has 0 heterocycles. The van der Waals surface area contributed by atoms with Gasteiger partial charge in [-0.2, -0.15) is 0 Å². The molecule has 2 aromatic rings. The molecule has 0 saturated carbocycles. The molecule has 0 fully saturated rings. The third kappa shape index (κ3) is 2.87. The number of halogens is 1. The molecule has 0 bridgehead atoms. The van der Waals surface area contributed by atoms with Crippen LogP contribution in [0.4, 0.5) is 5.69 Å². The molecule has 2 rings (SSSR count). The molecule has 2 aromatic carbocycles. The quantitative estimate of drug-likeness (QED) is 0.851. The highest BCUT2D eigenvalue weighted by Gasteiger charge is 2.11. The average Bonchev–Trinajstić information content (AvgIpc) is 2.30. The van der Waals surface area contributed by atoms with E-state index in [9.17, 15) is 0 Å². The number of nitrogens with two attached hydrogens (primary N) is 1. The zero-order valence-electron chi connectivity index (χ0n) is 9.65. The lowest BCUT2D eigenvalue weighted by atomic mass is 9.98. The molecule has 2 nitrogen and oxygen atoms in total. The van der Waals surface area contributed by atoms with Gasteiger partial charge in [-0.1, -0.05) is 40.2 Å². The molecule has 0 spiro atoms. The van der Waals surface area contributed by atoms with E-state index in [1.165, 1.54) is 11.1 Å². The zero-order chi connectivity index (χ0) is 12.3. The van der Waals surface area contributed by atoms with Gasteiger partial charge in [0.05, 0.1) is 6.04 Å². The Labute approximate surface area is 110 Å². The third-order valence-corrected chi connectivity index (χ3v) is 3.21. The van der Waals surface area contributed by atoms with Gasteiger partial charge in [-0.25, -0.2) is 0 Å². The second-order valence-electron chi connectivity index (χ2n) is 3.95. The van der Waals surface area contributed by atoms with E-state index in [2.05, 4.69) is 39.4 Å². The van der Waals surface area contributed by atoms with Crippen molar-refractivity contribution in [2.75, 3.05) is 12.8 Å². The summed E-state index contributed by atoms with van der Waals surface area (Å²) in [6.07, 6.45) is 0. The van der Waals surface area contributed by atoms with Crippen molar-refractivity contribution >= 4 is 21.6 Å². The Kier molecular flexibility index (Phi) is 3.82. The molecule has 0 aliphatic heterocycles. The Balaban J connectivity index is 2.40. The molecule has 17 heavy (non-hydrogen) atoms. The fraction of sp³-hybridized carbons (Fsp3) is 0.143. The smallest absolute Gasteiger partial charge is 0.0575 e. The van der Waals surface area contributed by atoms with Gasteiger partial charge >= 0.3 is 0 Å². The van der Waals surface area contributed by atoms with Crippen LogP contribution >= 0.6 is 15.9 Å². The van der Waals surface area contributed by atoms with Crippen LogP contribution in [-0.4, -0.2) is 7.05 Å². The van der Waals surface area contributed by atoms with Gasteiger partial charge in [-0.15, -0.1) is 0 Å². The van der Waals surface area contributed by atoms with Gasteiger partial charge in [0.25, 0.3) is 0 Å². The molecule has 0 aliphatic rings. The van der Waals surface area contributed by atoms with Gasteiger partial charge in [0.2, 0.25) is 0 Å². The lowest BCUT2D eigenvalue weighted by molar-refractivity contribution is 0.692. The predicted octanol–water partition coefficient (Wildman–Crippen LogP) is 3.34. The lowest BCUT2D eigenvalue weighted by Crippen LogP contribution is -2.17. The van der Waals surface area contributed by atoms with Crippen molar-refractivity contribution in [2.24, 2.45) is 0 Å².